The van der Waals surface area contributed by atoms with Gasteiger partial charge in [-0.05, 0) is 35.4 Å². The molecule has 0 radical (unpaired) electrons. The number of carbonyl (C=O) groups is 1. The van der Waals surface area contributed by atoms with Gasteiger partial charge in [0.2, 0.25) is 0 Å². The quantitative estimate of drug-likeness (QED) is 0.775. The molecule has 3 rings (SSSR count). The molecule has 20 heavy (non-hydrogen) atoms. The van der Waals surface area contributed by atoms with Gasteiger partial charge in [-0.1, -0.05) is 18.2 Å². The zero-order valence-corrected chi connectivity index (χ0v) is 11.3. The molecule has 3 N–H and O–H groups in total. The molecule has 2 aromatic carbocycles. The van der Waals surface area contributed by atoms with Crippen LogP contribution in [0.25, 0.3) is 10.2 Å². The van der Waals surface area contributed by atoms with Crippen LogP contribution in [0.4, 0.5) is 0 Å². The van der Waals surface area contributed by atoms with Crippen molar-refractivity contribution in [3.05, 3.63) is 64.7 Å². The van der Waals surface area contributed by atoms with Crippen molar-refractivity contribution in [2.45, 2.75) is 6.04 Å². The van der Waals surface area contributed by atoms with Crippen molar-refractivity contribution in [3.63, 3.8) is 0 Å². The van der Waals surface area contributed by atoms with E-state index in [4.69, 9.17) is 10.8 Å². The molecular weight excluding hydrogens is 272 g/mol. The van der Waals surface area contributed by atoms with Crippen LogP contribution in [0.5, 0.6) is 0 Å². The van der Waals surface area contributed by atoms with E-state index in [9.17, 15) is 4.79 Å². The van der Waals surface area contributed by atoms with E-state index in [-0.39, 0.29) is 11.6 Å². The maximum absolute atomic E-state index is 10.8. The summed E-state index contributed by atoms with van der Waals surface area (Å²) in [5.74, 6) is -0.934. The smallest absolute Gasteiger partial charge is 0.335 e. The summed E-state index contributed by atoms with van der Waals surface area (Å²) in [6.45, 7) is 0. The minimum Gasteiger partial charge on any atom is -0.478 e. The Labute approximate surface area is 119 Å². The van der Waals surface area contributed by atoms with Crippen LogP contribution < -0.4 is 5.73 Å². The summed E-state index contributed by atoms with van der Waals surface area (Å²) < 4.78 is 1.10. The first kappa shape index (κ1) is 12.8. The summed E-state index contributed by atoms with van der Waals surface area (Å²) >= 11 is 1.58. The lowest BCUT2D eigenvalue weighted by atomic mass is 9.98. The van der Waals surface area contributed by atoms with Gasteiger partial charge in [-0.3, -0.25) is 0 Å². The van der Waals surface area contributed by atoms with E-state index in [1.807, 2.05) is 23.7 Å². The number of nitrogens with two attached hydrogens (primary N) is 1. The predicted octanol–water partition coefficient (Wildman–Crippen LogP) is 3.04. The Balaban J connectivity index is 1.94. The molecule has 0 bridgehead atoms. The molecule has 0 fully saturated rings. The molecule has 0 amide bonds. The number of aromatic nitrogens is 1. The number of carboxylic acid groups (broad SMARTS) is 1. The molecule has 1 unspecified atom stereocenters. The van der Waals surface area contributed by atoms with Gasteiger partial charge >= 0.3 is 5.97 Å². The lowest BCUT2D eigenvalue weighted by molar-refractivity contribution is 0.0697. The van der Waals surface area contributed by atoms with Crippen molar-refractivity contribution in [1.82, 2.24) is 4.98 Å². The molecule has 1 aromatic heterocycles. The first-order valence-corrected chi connectivity index (χ1v) is 6.95. The van der Waals surface area contributed by atoms with E-state index in [0.717, 1.165) is 21.3 Å². The molecule has 1 atom stereocenters. The van der Waals surface area contributed by atoms with E-state index >= 15 is 0 Å². The molecule has 0 aliphatic heterocycles. The van der Waals surface area contributed by atoms with Crippen LogP contribution in [0.15, 0.2) is 48.0 Å². The lowest BCUT2D eigenvalue weighted by Crippen LogP contribution is -2.12. The van der Waals surface area contributed by atoms with Gasteiger partial charge in [0.25, 0.3) is 0 Å². The monoisotopic (exact) mass is 284 g/mol. The average molecular weight is 284 g/mol. The van der Waals surface area contributed by atoms with Gasteiger partial charge in [0.1, 0.15) is 0 Å². The maximum Gasteiger partial charge on any atom is 0.335 e. The van der Waals surface area contributed by atoms with Crippen LogP contribution in [-0.4, -0.2) is 16.1 Å². The Morgan fingerprint density at radius 3 is 2.55 bits per heavy atom. The van der Waals surface area contributed by atoms with Gasteiger partial charge < -0.3 is 10.8 Å². The summed E-state index contributed by atoms with van der Waals surface area (Å²) in [6, 6.07) is 12.3. The predicted molar refractivity (Wildman–Crippen MR) is 79.1 cm³/mol. The highest BCUT2D eigenvalue weighted by Crippen LogP contribution is 2.25. The van der Waals surface area contributed by atoms with Crippen LogP contribution in [0.1, 0.15) is 27.5 Å². The second-order valence-electron chi connectivity index (χ2n) is 4.48. The number of carboxylic acids is 1. The fourth-order valence-electron chi connectivity index (χ4n) is 2.09. The highest BCUT2D eigenvalue weighted by Gasteiger charge is 2.11. The molecule has 5 heteroatoms. The molecule has 0 saturated heterocycles. The highest BCUT2D eigenvalue weighted by molar-refractivity contribution is 7.16. The van der Waals surface area contributed by atoms with Crippen molar-refractivity contribution >= 4 is 27.5 Å². The van der Waals surface area contributed by atoms with Gasteiger partial charge in [-0.2, -0.15) is 0 Å². The molecular formula is C15H12N2O2S. The standard InChI is InChI=1S/C15H12N2O2S/c16-14(9-1-3-10(4-2-9)15(18)19)11-5-6-12-13(7-11)20-8-17-12/h1-8,14H,16H2,(H,18,19). The molecule has 0 spiro atoms. The van der Waals surface area contributed by atoms with Crippen molar-refractivity contribution in [2.75, 3.05) is 0 Å². The van der Waals surface area contributed by atoms with E-state index in [2.05, 4.69) is 4.98 Å². The largest absolute Gasteiger partial charge is 0.478 e. The zero-order valence-electron chi connectivity index (χ0n) is 10.5. The lowest BCUT2D eigenvalue weighted by Gasteiger charge is -2.12. The number of hydrogen-bond acceptors (Lipinski definition) is 4. The molecule has 0 aliphatic carbocycles. The summed E-state index contributed by atoms with van der Waals surface area (Å²) in [6.07, 6.45) is 0. The number of benzene rings is 2. The molecule has 4 nitrogen and oxygen atoms in total. The van der Waals surface area contributed by atoms with Gasteiger partial charge in [0.15, 0.2) is 0 Å². The Morgan fingerprint density at radius 1 is 1.15 bits per heavy atom. The summed E-state index contributed by atoms with van der Waals surface area (Å²) in [5.41, 5.74) is 11.2. The minimum atomic E-state index is -0.934. The van der Waals surface area contributed by atoms with E-state index in [1.165, 1.54) is 0 Å². The van der Waals surface area contributed by atoms with Crippen LogP contribution in [0, 0.1) is 0 Å². The highest BCUT2D eigenvalue weighted by atomic mass is 32.1. The van der Waals surface area contributed by atoms with Crippen LogP contribution in [0.3, 0.4) is 0 Å². The number of aromatic carboxylic acids is 1. The van der Waals surface area contributed by atoms with Crippen molar-refractivity contribution < 1.29 is 9.90 Å². The fourth-order valence-corrected chi connectivity index (χ4v) is 2.82. The first-order valence-electron chi connectivity index (χ1n) is 6.07. The second kappa shape index (κ2) is 5.03. The summed E-state index contributed by atoms with van der Waals surface area (Å²) in [4.78, 5) is 15.1. The van der Waals surface area contributed by atoms with Crippen LogP contribution >= 0.6 is 11.3 Å². The second-order valence-corrected chi connectivity index (χ2v) is 5.37. The molecule has 3 aromatic rings. The van der Waals surface area contributed by atoms with Gasteiger partial charge in [-0.15, -0.1) is 11.3 Å². The third-order valence-electron chi connectivity index (χ3n) is 3.23. The number of nitrogens with zero attached hydrogens (tertiary/aromatic N) is 1. The number of fused-ring (bicyclic) bond motifs is 1. The SMILES string of the molecule is NC(c1ccc(C(=O)O)cc1)c1ccc2ncsc2c1. The topological polar surface area (TPSA) is 76.2 Å². The van der Waals surface area contributed by atoms with Crippen molar-refractivity contribution in [2.24, 2.45) is 5.73 Å². The molecule has 0 aliphatic rings. The van der Waals surface area contributed by atoms with E-state index < -0.39 is 5.97 Å². The molecule has 100 valence electrons. The molecule has 0 saturated carbocycles. The van der Waals surface area contributed by atoms with Gasteiger partial charge in [0.05, 0.1) is 27.3 Å². The third kappa shape index (κ3) is 2.29. The minimum absolute atomic E-state index is 0.263. The average Bonchev–Trinajstić information content (AvgIpc) is 2.94. The number of hydrogen-bond donors (Lipinski definition) is 2. The number of rotatable bonds is 3. The zero-order chi connectivity index (χ0) is 14.1. The Bertz CT molecular complexity index is 765. The normalized spacial score (nSPS) is 12.4. The molecule has 1 heterocycles. The van der Waals surface area contributed by atoms with Crippen molar-refractivity contribution in [3.8, 4) is 0 Å². The fraction of sp³-hybridized carbons (Fsp3) is 0.0667. The third-order valence-corrected chi connectivity index (χ3v) is 4.02. The summed E-state index contributed by atoms with van der Waals surface area (Å²) in [7, 11) is 0. The Morgan fingerprint density at radius 2 is 1.85 bits per heavy atom. The Hall–Kier alpha value is -2.24. The van der Waals surface area contributed by atoms with E-state index in [0.29, 0.717) is 0 Å². The Kier molecular flexibility index (Phi) is 3.22. The van der Waals surface area contributed by atoms with Crippen molar-refractivity contribution in [1.29, 1.82) is 0 Å². The van der Waals surface area contributed by atoms with Gasteiger partial charge in [0, 0.05) is 0 Å². The first-order chi connectivity index (χ1) is 9.65. The summed E-state index contributed by atoms with van der Waals surface area (Å²) in [5, 5.41) is 8.89. The maximum atomic E-state index is 10.8. The van der Waals surface area contributed by atoms with Gasteiger partial charge in [-0.25, -0.2) is 9.78 Å². The van der Waals surface area contributed by atoms with Crippen LogP contribution in [0.2, 0.25) is 0 Å². The van der Waals surface area contributed by atoms with E-state index in [1.54, 1.807) is 35.6 Å². The van der Waals surface area contributed by atoms with Crippen LogP contribution in [-0.2, 0) is 0 Å². The number of thiazole rings is 1.